The second-order valence-corrected chi connectivity index (χ2v) is 5.77. The summed E-state index contributed by atoms with van der Waals surface area (Å²) in [7, 11) is -1.88. The van der Waals surface area contributed by atoms with Gasteiger partial charge >= 0.3 is 5.97 Å². The largest absolute Gasteiger partial charge is 0.481 e. The van der Waals surface area contributed by atoms with Crippen LogP contribution in [0, 0.1) is 0 Å². The van der Waals surface area contributed by atoms with Gasteiger partial charge in [-0.1, -0.05) is 18.2 Å². The summed E-state index contributed by atoms with van der Waals surface area (Å²) in [5.74, 6) is -0.901. The number of sulfonamides is 1. The van der Waals surface area contributed by atoms with Gasteiger partial charge < -0.3 is 5.11 Å². The highest BCUT2D eigenvalue weighted by Gasteiger charge is 2.15. The Morgan fingerprint density at radius 2 is 1.94 bits per heavy atom. The van der Waals surface area contributed by atoms with Crippen LogP contribution in [0.1, 0.15) is 12.0 Å². The van der Waals surface area contributed by atoms with Crippen LogP contribution < -0.4 is 4.31 Å². The lowest BCUT2D eigenvalue weighted by Gasteiger charge is -2.19. The Morgan fingerprint density at radius 1 is 1.35 bits per heavy atom. The molecule has 0 aliphatic carbocycles. The van der Waals surface area contributed by atoms with Gasteiger partial charge in [0.1, 0.15) is 0 Å². The molecule has 6 heteroatoms. The van der Waals surface area contributed by atoms with Gasteiger partial charge in [0.05, 0.1) is 11.9 Å². The quantitative estimate of drug-likeness (QED) is 0.857. The number of rotatable bonds is 5. The van der Waals surface area contributed by atoms with Gasteiger partial charge in [-0.05, 0) is 18.1 Å². The molecule has 0 radical (unpaired) electrons. The van der Waals surface area contributed by atoms with Gasteiger partial charge in [0.15, 0.2) is 0 Å². The predicted octanol–water partition coefficient (Wildman–Crippen LogP) is 1.10. The van der Waals surface area contributed by atoms with Crippen LogP contribution in [-0.2, 0) is 21.2 Å². The Labute approximate surface area is 101 Å². The van der Waals surface area contributed by atoms with Gasteiger partial charge in [-0.25, -0.2) is 8.42 Å². The van der Waals surface area contributed by atoms with Crippen molar-refractivity contribution in [2.45, 2.75) is 12.8 Å². The van der Waals surface area contributed by atoms with Crippen LogP contribution in [0.15, 0.2) is 24.3 Å². The highest BCUT2D eigenvalue weighted by atomic mass is 32.2. The molecular weight excluding hydrogens is 242 g/mol. The van der Waals surface area contributed by atoms with E-state index in [1.165, 1.54) is 7.05 Å². The van der Waals surface area contributed by atoms with Gasteiger partial charge in [-0.2, -0.15) is 0 Å². The van der Waals surface area contributed by atoms with E-state index >= 15 is 0 Å². The molecule has 17 heavy (non-hydrogen) atoms. The smallest absolute Gasteiger partial charge is 0.303 e. The number of anilines is 1. The van der Waals surface area contributed by atoms with Gasteiger partial charge in [-0.3, -0.25) is 9.10 Å². The Hall–Kier alpha value is -1.56. The first-order valence-corrected chi connectivity index (χ1v) is 6.91. The molecule has 5 nitrogen and oxygen atoms in total. The number of para-hydroxylation sites is 1. The lowest BCUT2D eigenvalue weighted by atomic mass is 10.1. The Bertz CT molecular complexity index is 510. The van der Waals surface area contributed by atoms with Crippen molar-refractivity contribution < 1.29 is 18.3 Å². The number of hydrogen-bond donors (Lipinski definition) is 1. The topological polar surface area (TPSA) is 74.7 Å². The third-order valence-electron chi connectivity index (χ3n) is 2.44. The number of carboxylic acids is 1. The van der Waals surface area contributed by atoms with Crippen LogP contribution in [0.25, 0.3) is 0 Å². The molecule has 0 heterocycles. The molecule has 1 N–H and O–H groups in total. The number of aryl methyl sites for hydroxylation is 1. The molecule has 0 saturated heterocycles. The van der Waals surface area contributed by atoms with Crippen LogP contribution in [-0.4, -0.2) is 32.8 Å². The molecule has 0 amide bonds. The average molecular weight is 257 g/mol. The van der Waals surface area contributed by atoms with Crippen molar-refractivity contribution >= 4 is 21.7 Å². The van der Waals surface area contributed by atoms with E-state index in [-0.39, 0.29) is 6.42 Å². The maximum Gasteiger partial charge on any atom is 0.303 e. The number of nitrogens with zero attached hydrogens (tertiary/aromatic N) is 1. The third kappa shape index (κ3) is 3.74. The summed E-state index contributed by atoms with van der Waals surface area (Å²) >= 11 is 0. The first-order chi connectivity index (χ1) is 7.82. The first-order valence-electron chi connectivity index (χ1n) is 5.06. The average Bonchev–Trinajstić information content (AvgIpc) is 2.24. The van der Waals surface area contributed by atoms with Crippen LogP contribution in [0.2, 0.25) is 0 Å². The predicted molar refractivity (Wildman–Crippen MR) is 65.6 cm³/mol. The minimum Gasteiger partial charge on any atom is -0.481 e. The fourth-order valence-electron chi connectivity index (χ4n) is 1.45. The normalized spacial score (nSPS) is 11.2. The molecule has 0 atom stereocenters. The zero-order chi connectivity index (χ0) is 13.1. The molecule has 0 fully saturated rings. The molecule has 1 aromatic rings. The van der Waals surface area contributed by atoms with Crippen LogP contribution >= 0.6 is 0 Å². The third-order valence-corrected chi connectivity index (χ3v) is 3.63. The van der Waals surface area contributed by atoms with Crippen molar-refractivity contribution in [2.24, 2.45) is 0 Å². The monoisotopic (exact) mass is 257 g/mol. The van der Waals surface area contributed by atoms with Gasteiger partial charge in [0, 0.05) is 13.5 Å². The van der Waals surface area contributed by atoms with Gasteiger partial charge in [0.2, 0.25) is 10.0 Å². The minimum absolute atomic E-state index is 0.0192. The fourth-order valence-corrected chi connectivity index (χ4v) is 1.99. The van der Waals surface area contributed by atoms with Crippen molar-refractivity contribution in [3.8, 4) is 0 Å². The Balaban J connectivity index is 3.03. The molecule has 0 spiro atoms. The minimum atomic E-state index is -3.33. The van der Waals surface area contributed by atoms with Crippen molar-refractivity contribution in [3.63, 3.8) is 0 Å². The first kappa shape index (κ1) is 13.5. The maximum atomic E-state index is 11.4. The zero-order valence-electron chi connectivity index (χ0n) is 9.75. The van der Waals surface area contributed by atoms with E-state index in [0.29, 0.717) is 17.7 Å². The van der Waals surface area contributed by atoms with Crippen LogP contribution in [0.3, 0.4) is 0 Å². The Kier molecular flexibility index (Phi) is 4.11. The number of carbonyl (C=O) groups is 1. The SMILES string of the molecule is CN(c1ccccc1CCC(=O)O)S(C)(=O)=O. The van der Waals surface area contributed by atoms with Crippen molar-refractivity contribution in [2.75, 3.05) is 17.6 Å². The highest BCUT2D eigenvalue weighted by molar-refractivity contribution is 7.92. The van der Waals surface area contributed by atoms with Crippen molar-refractivity contribution in [1.82, 2.24) is 0 Å². The number of benzene rings is 1. The summed E-state index contributed by atoms with van der Waals surface area (Å²) in [6.45, 7) is 0. The molecule has 0 bridgehead atoms. The van der Waals surface area contributed by atoms with E-state index in [0.717, 1.165) is 10.6 Å². The number of aliphatic carboxylic acids is 1. The molecule has 1 rings (SSSR count). The van der Waals surface area contributed by atoms with E-state index in [9.17, 15) is 13.2 Å². The van der Waals surface area contributed by atoms with E-state index in [2.05, 4.69) is 0 Å². The van der Waals surface area contributed by atoms with E-state index in [1.807, 2.05) is 0 Å². The molecule has 94 valence electrons. The summed E-state index contributed by atoms with van der Waals surface area (Å²) in [4.78, 5) is 10.5. The number of hydrogen-bond acceptors (Lipinski definition) is 3. The molecule has 0 aliphatic rings. The standard InChI is InChI=1S/C11H15NO4S/c1-12(17(2,15)16)10-6-4-3-5-9(10)7-8-11(13)14/h3-6H,7-8H2,1-2H3,(H,13,14). The van der Waals surface area contributed by atoms with Gasteiger partial charge in [-0.15, -0.1) is 0 Å². The van der Waals surface area contributed by atoms with E-state index in [1.54, 1.807) is 24.3 Å². The molecule has 1 aromatic carbocycles. The summed E-state index contributed by atoms with van der Waals surface area (Å²) in [5, 5.41) is 8.63. The van der Waals surface area contributed by atoms with Crippen LogP contribution in [0.5, 0.6) is 0 Å². The van der Waals surface area contributed by atoms with E-state index < -0.39 is 16.0 Å². The summed E-state index contributed by atoms with van der Waals surface area (Å²) in [5.41, 5.74) is 1.24. The summed E-state index contributed by atoms with van der Waals surface area (Å²) < 4.78 is 24.0. The van der Waals surface area contributed by atoms with E-state index in [4.69, 9.17) is 5.11 Å². The molecule has 0 saturated carbocycles. The number of carboxylic acid groups (broad SMARTS) is 1. The lowest BCUT2D eigenvalue weighted by Crippen LogP contribution is -2.25. The fraction of sp³-hybridized carbons (Fsp3) is 0.364. The summed E-state index contributed by atoms with van der Waals surface area (Å²) in [6.07, 6.45) is 1.40. The molecule has 0 unspecified atom stereocenters. The second-order valence-electron chi connectivity index (χ2n) is 3.75. The second kappa shape index (κ2) is 5.18. The molecule has 0 aromatic heterocycles. The Morgan fingerprint density at radius 3 is 2.47 bits per heavy atom. The maximum absolute atomic E-state index is 11.4. The zero-order valence-corrected chi connectivity index (χ0v) is 10.6. The highest BCUT2D eigenvalue weighted by Crippen LogP contribution is 2.22. The molecule has 0 aliphatic heterocycles. The van der Waals surface area contributed by atoms with Crippen molar-refractivity contribution in [1.29, 1.82) is 0 Å². The van der Waals surface area contributed by atoms with Crippen LogP contribution in [0.4, 0.5) is 5.69 Å². The molecular formula is C11H15NO4S. The van der Waals surface area contributed by atoms with Crippen molar-refractivity contribution in [3.05, 3.63) is 29.8 Å². The summed E-state index contributed by atoms with van der Waals surface area (Å²) in [6, 6.07) is 6.89. The van der Waals surface area contributed by atoms with Gasteiger partial charge in [0.25, 0.3) is 0 Å². The lowest BCUT2D eigenvalue weighted by molar-refractivity contribution is -0.136.